The number of fused-ring (bicyclic) bond motifs is 3. The minimum Gasteiger partial charge on any atom is -0.468 e. The summed E-state index contributed by atoms with van der Waals surface area (Å²) in [5.74, 6) is -0.606. The van der Waals surface area contributed by atoms with Gasteiger partial charge in [0.1, 0.15) is 39.8 Å². The highest BCUT2D eigenvalue weighted by molar-refractivity contribution is 6.01. The number of amides is 1. The maximum absolute atomic E-state index is 17.4. The Kier molecular flexibility index (Phi) is 11.5. The van der Waals surface area contributed by atoms with Crippen LogP contribution in [0.1, 0.15) is 72.3 Å². The first-order chi connectivity index (χ1) is 27.2. The van der Waals surface area contributed by atoms with Gasteiger partial charge in [-0.3, -0.25) is 4.98 Å². The summed E-state index contributed by atoms with van der Waals surface area (Å²) in [6.07, 6.45) is 4.86. The fourth-order valence-electron chi connectivity index (χ4n) is 8.78. The van der Waals surface area contributed by atoms with Crippen molar-refractivity contribution < 1.29 is 47.5 Å². The molecule has 0 bridgehead atoms. The molecule has 2 aliphatic heterocycles. The molecule has 3 fully saturated rings. The van der Waals surface area contributed by atoms with Crippen molar-refractivity contribution in [2.75, 3.05) is 58.3 Å². The second-order valence-electron chi connectivity index (χ2n) is 16.8. The number of methoxy groups -OCH3 is 1. The van der Waals surface area contributed by atoms with Gasteiger partial charge >= 0.3 is 12.1 Å². The quantitative estimate of drug-likeness (QED) is 0.168. The van der Waals surface area contributed by atoms with Gasteiger partial charge < -0.3 is 43.7 Å². The molecule has 4 heterocycles. The van der Waals surface area contributed by atoms with Crippen LogP contribution in [0.4, 0.5) is 19.4 Å². The Morgan fingerprint density at radius 2 is 1.91 bits per heavy atom. The zero-order valence-corrected chi connectivity index (χ0v) is 33.6. The van der Waals surface area contributed by atoms with Gasteiger partial charge in [0.15, 0.2) is 12.6 Å². The van der Waals surface area contributed by atoms with Gasteiger partial charge in [0, 0.05) is 43.4 Å². The fraction of sp³-hybridized carbons (Fsp3) is 0.571. The summed E-state index contributed by atoms with van der Waals surface area (Å²) in [6, 6.07) is 6.14. The smallest absolute Gasteiger partial charge is 0.410 e. The lowest BCUT2D eigenvalue weighted by Crippen LogP contribution is -2.55. The molecule has 4 atom stereocenters. The lowest BCUT2D eigenvalue weighted by atomic mass is 9.75. The Morgan fingerprint density at radius 1 is 1.12 bits per heavy atom. The van der Waals surface area contributed by atoms with Gasteiger partial charge in [-0.1, -0.05) is 19.4 Å². The molecule has 2 aromatic carbocycles. The van der Waals surface area contributed by atoms with Crippen LogP contribution in [-0.4, -0.2) is 113 Å². The minimum absolute atomic E-state index is 0.0396. The van der Waals surface area contributed by atoms with Gasteiger partial charge in [0.05, 0.1) is 37.9 Å². The molecule has 1 saturated carbocycles. The normalized spacial score (nSPS) is 24.1. The first kappa shape index (κ1) is 40.7. The lowest BCUT2D eigenvalue weighted by Gasteiger charge is -2.46. The second-order valence-corrected chi connectivity index (χ2v) is 16.8. The Morgan fingerprint density at radius 3 is 2.65 bits per heavy atom. The summed E-state index contributed by atoms with van der Waals surface area (Å²) >= 11 is 0. The van der Waals surface area contributed by atoms with Crippen molar-refractivity contribution in [1.29, 1.82) is 0 Å². The Labute approximate surface area is 331 Å². The number of piperidine rings is 1. The Bertz CT molecular complexity index is 2130. The van der Waals surface area contributed by atoms with E-state index >= 15 is 8.78 Å². The maximum atomic E-state index is 17.4. The molecular formula is C42H53F2N5O8. The number of likely N-dealkylation sites (tertiary alicyclic amines) is 1. The number of carbonyl (C=O) groups excluding carboxylic acids is 1. The lowest BCUT2D eigenvalue weighted by molar-refractivity contribution is -0.0528. The summed E-state index contributed by atoms with van der Waals surface area (Å²) < 4.78 is 61.8. The van der Waals surface area contributed by atoms with Gasteiger partial charge in [0.25, 0.3) is 0 Å². The van der Waals surface area contributed by atoms with E-state index in [-0.39, 0.29) is 80.3 Å². The number of anilines is 1. The Hall–Kier alpha value is -4.44. The number of aromatic nitrogens is 3. The van der Waals surface area contributed by atoms with Gasteiger partial charge in [-0.05, 0) is 94.3 Å². The number of rotatable bonds is 10. The number of halogens is 2. The van der Waals surface area contributed by atoms with E-state index in [1.807, 2.05) is 32.6 Å². The molecule has 13 nitrogen and oxygen atoms in total. The third kappa shape index (κ3) is 8.30. The Balaban J connectivity index is 1.36. The summed E-state index contributed by atoms with van der Waals surface area (Å²) in [6.45, 7) is 9.49. The first-order valence-corrected chi connectivity index (χ1v) is 19.7. The van der Waals surface area contributed by atoms with E-state index in [0.29, 0.717) is 40.6 Å². The van der Waals surface area contributed by atoms with Crippen LogP contribution in [0.25, 0.3) is 32.9 Å². The van der Waals surface area contributed by atoms with Crippen LogP contribution in [-0.2, 0) is 20.6 Å². The van der Waals surface area contributed by atoms with Gasteiger partial charge in [-0.15, -0.1) is 0 Å². The van der Waals surface area contributed by atoms with Gasteiger partial charge in [-0.2, -0.15) is 9.97 Å². The van der Waals surface area contributed by atoms with Gasteiger partial charge in [0.2, 0.25) is 0 Å². The van der Waals surface area contributed by atoms with Crippen LogP contribution in [0.15, 0.2) is 30.5 Å². The molecule has 0 radical (unpaired) electrons. The van der Waals surface area contributed by atoms with Crippen LogP contribution in [0.2, 0.25) is 0 Å². The number of β-amino-alcohol motifs (C(OH)–C–C–N with tert-alkyl or cyclic N) is 1. The largest absolute Gasteiger partial charge is 0.468 e. The number of aliphatic hydroxyl groups excluding tert-OH is 1. The molecule has 4 aromatic rings. The van der Waals surface area contributed by atoms with Crippen LogP contribution in [0.3, 0.4) is 0 Å². The predicted molar refractivity (Wildman–Crippen MR) is 209 cm³/mol. The zero-order valence-electron chi connectivity index (χ0n) is 33.6. The van der Waals surface area contributed by atoms with E-state index in [4.69, 9.17) is 28.7 Å². The molecule has 0 spiro atoms. The second kappa shape index (κ2) is 16.1. The molecule has 15 heteroatoms. The van der Waals surface area contributed by atoms with E-state index in [0.717, 1.165) is 32.1 Å². The van der Waals surface area contributed by atoms with Crippen molar-refractivity contribution in [2.24, 2.45) is 5.41 Å². The van der Waals surface area contributed by atoms with E-state index in [9.17, 15) is 15.0 Å². The molecule has 2 saturated heterocycles. The highest BCUT2D eigenvalue weighted by Gasteiger charge is 2.51. The number of carbonyl (C=O) groups is 1. The number of ether oxygens (including phenoxy) is 5. The summed E-state index contributed by atoms with van der Waals surface area (Å²) in [7, 11) is 1.49. The average Bonchev–Trinajstić information content (AvgIpc) is 3.54. The number of hydrogen-bond acceptors (Lipinski definition) is 12. The first-order valence-electron chi connectivity index (χ1n) is 19.7. The van der Waals surface area contributed by atoms with Crippen molar-refractivity contribution in [3.8, 4) is 23.0 Å². The number of aliphatic hydroxyl groups is 2. The summed E-state index contributed by atoms with van der Waals surface area (Å²) in [5.41, 5.74) is -1.88. The van der Waals surface area contributed by atoms with E-state index in [1.54, 1.807) is 30.0 Å². The van der Waals surface area contributed by atoms with Crippen molar-refractivity contribution >= 4 is 33.6 Å². The monoisotopic (exact) mass is 793 g/mol. The summed E-state index contributed by atoms with van der Waals surface area (Å²) in [5, 5.41) is 22.8. The number of aryl methyl sites for hydroxylation is 1. The third-order valence-corrected chi connectivity index (χ3v) is 11.3. The maximum Gasteiger partial charge on any atom is 0.410 e. The third-order valence-electron chi connectivity index (χ3n) is 11.3. The minimum atomic E-state index is -1.35. The topological polar surface area (TPSA) is 149 Å². The molecule has 0 unspecified atom stereocenters. The molecule has 57 heavy (non-hydrogen) atoms. The zero-order chi connectivity index (χ0) is 40.7. The number of nitrogens with zero attached hydrogens (tertiary/aromatic N) is 5. The predicted octanol–water partition coefficient (Wildman–Crippen LogP) is 6.57. The molecule has 1 amide bonds. The van der Waals surface area contributed by atoms with Gasteiger partial charge in [-0.25, -0.2) is 13.6 Å². The van der Waals surface area contributed by atoms with Crippen molar-refractivity contribution in [3.63, 3.8) is 0 Å². The van der Waals surface area contributed by atoms with Crippen LogP contribution in [0.5, 0.6) is 11.8 Å². The number of hydrogen-bond donors (Lipinski definition) is 2. The van der Waals surface area contributed by atoms with Crippen LogP contribution >= 0.6 is 0 Å². The molecule has 3 aliphatic rings. The molecule has 1 aliphatic carbocycles. The highest BCUT2D eigenvalue weighted by atomic mass is 19.1. The van der Waals surface area contributed by atoms with Crippen molar-refractivity contribution in [3.05, 3.63) is 47.7 Å². The molecular weight excluding hydrogens is 740 g/mol. The van der Waals surface area contributed by atoms with Crippen molar-refractivity contribution in [2.45, 2.75) is 96.5 Å². The van der Waals surface area contributed by atoms with Crippen LogP contribution in [0, 0.1) is 17.0 Å². The van der Waals surface area contributed by atoms with Crippen LogP contribution < -0.4 is 14.4 Å². The highest BCUT2D eigenvalue weighted by Crippen LogP contribution is 2.48. The van der Waals surface area contributed by atoms with E-state index in [1.165, 1.54) is 19.4 Å². The molecule has 308 valence electrons. The SMILES string of the molecule is CCc1c(F)ccc2cc(OCOC)cc(-c3ncc4c(N5C[C@H](CO)OC[C@@](C)(O)C5)nc(OC[C@]56CCC[C@H]5N(C(=O)OC(C)(C)C)CCC6)nc4c3F)c12. The average molecular weight is 794 g/mol. The number of benzene rings is 2. The molecule has 2 N–H and O–H groups in total. The van der Waals surface area contributed by atoms with E-state index in [2.05, 4.69) is 9.97 Å². The summed E-state index contributed by atoms with van der Waals surface area (Å²) in [4.78, 5) is 31.1. The standard InChI is InChI=1S/C42H53F2N5O8/c1-7-28-31(43)12-11-25-16-26(56-24-53-6)17-29(33(25)28)35-34(44)36-30(18-45-35)37(48-19-27(20-50)54-22-41(5,52)21-48)47-38(46-36)55-23-42-13-8-10-32(42)49(15-9-14-42)39(51)57-40(2,3)4/h11-12,16-18,27,32,50,52H,7-10,13-15,19-24H2,1-6H3/t27-,32-,41+,42-/m1/s1. The van der Waals surface area contributed by atoms with Crippen molar-refractivity contribution in [1.82, 2.24) is 19.9 Å². The van der Waals surface area contributed by atoms with E-state index < -0.39 is 34.4 Å². The molecule has 7 rings (SSSR count). The number of pyridine rings is 1. The molecule has 2 aromatic heterocycles. The fourth-order valence-corrected chi connectivity index (χ4v) is 8.78.